The third-order valence-electron chi connectivity index (χ3n) is 4.96. The molecule has 0 spiro atoms. The number of halogens is 2. The molecule has 1 saturated heterocycles. The molecule has 2 aromatic rings. The average Bonchev–Trinajstić information content (AvgIpc) is 2.90. The topological polar surface area (TPSA) is 20.2 Å². The molecular weight excluding hydrogens is 341 g/mol. The Morgan fingerprint density at radius 2 is 1.79 bits per heavy atom. The summed E-state index contributed by atoms with van der Waals surface area (Å²) < 4.78 is 2.29. The SMILES string of the molecule is CCCCC[C@H](c1cn(C)c2ccccc12)N1CCNCC1.Cl.Cl. The van der Waals surface area contributed by atoms with Crippen LogP contribution in [-0.4, -0.2) is 35.6 Å². The zero-order valence-corrected chi connectivity index (χ0v) is 16.5. The number of para-hydroxylation sites is 1. The maximum atomic E-state index is 3.48. The molecule has 2 heterocycles. The Kier molecular flexibility index (Phi) is 9.14. The smallest absolute Gasteiger partial charge is 0.0481 e. The summed E-state index contributed by atoms with van der Waals surface area (Å²) in [6, 6.07) is 9.41. The second-order valence-electron chi connectivity index (χ2n) is 6.51. The van der Waals surface area contributed by atoms with Crippen LogP contribution in [0.2, 0.25) is 0 Å². The van der Waals surface area contributed by atoms with Crippen molar-refractivity contribution in [1.82, 2.24) is 14.8 Å². The van der Waals surface area contributed by atoms with E-state index < -0.39 is 0 Å². The molecule has 1 fully saturated rings. The van der Waals surface area contributed by atoms with E-state index >= 15 is 0 Å². The Morgan fingerprint density at radius 3 is 2.50 bits per heavy atom. The molecule has 1 aromatic heterocycles. The highest BCUT2D eigenvalue weighted by molar-refractivity contribution is 5.86. The summed E-state index contributed by atoms with van der Waals surface area (Å²) in [7, 11) is 2.17. The number of rotatable bonds is 6. The first-order valence-corrected chi connectivity index (χ1v) is 8.80. The molecule has 3 nitrogen and oxygen atoms in total. The van der Waals surface area contributed by atoms with E-state index in [9.17, 15) is 0 Å². The van der Waals surface area contributed by atoms with Gasteiger partial charge in [-0.3, -0.25) is 4.90 Å². The van der Waals surface area contributed by atoms with Crippen LogP contribution in [0.1, 0.15) is 44.2 Å². The molecule has 24 heavy (non-hydrogen) atoms. The van der Waals surface area contributed by atoms with Crippen molar-refractivity contribution in [1.29, 1.82) is 0 Å². The molecule has 1 atom stereocenters. The van der Waals surface area contributed by atoms with E-state index in [-0.39, 0.29) is 24.8 Å². The van der Waals surface area contributed by atoms with Gasteiger partial charge in [-0.05, 0) is 18.1 Å². The van der Waals surface area contributed by atoms with E-state index in [0.717, 1.165) is 13.1 Å². The largest absolute Gasteiger partial charge is 0.350 e. The van der Waals surface area contributed by atoms with Gasteiger partial charge in [0.25, 0.3) is 0 Å². The van der Waals surface area contributed by atoms with Gasteiger partial charge in [0, 0.05) is 56.4 Å². The van der Waals surface area contributed by atoms with Gasteiger partial charge in [-0.1, -0.05) is 44.4 Å². The summed E-state index contributed by atoms with van der Waals surface area (Å²) in [5, 5.41) is 4.92. The number of nitrogens with one attached hydrogen (secondary N) is 1. The Labute approximate surface area is 158 Å². The van der Waals surface area contributed by atoms with E-state index in [0.29, 0.717) is 6.04 Å². The summed E-state index contributed by atoms with van der Waals surface area (Å²) >= 11 is 0. The first-order valence-electron chi connectivity index (χ1n) is 8.80. The number of hydrogen-bond donors (Lipinski definition) is 1. The van der Waals surface area contributed by atoms with Crippen molar-refractivity contribution in [2.75, 3.05) is 26.2 Å². The van der Waals surface area contributed by atoms with E-state index in [1.165, 1.54) is 55.2 Å². The molecule has 1 N–H and O–H groups in total. The maximum Gasteiger partial charge on any atom is 0.0481 e. The molecule has 1 aromatic carbocycles. The fraction of sp³-hybridized carbons (Fsp3) is 0.579. The molecule has 0 bridgehead atoms. The number of fused-ring (bicyclic) bond motifs is 1. The molecule has 1 aliphatic rings. The van der Waals surface area contributed by atoms with Crippen LogP contribution in [0.3, 0.4) is 0 Å². The molecule has 0 radical (unpaired) electrons. The lowest BCUT2D eigenvalue weighted by atomic mass is 9.97. The molecule has 3 rings (SSSR count). The van der Waals surface area contributed by atoms with Crippen LogP contribution in [-0.2, 0) is 7.05 Å². The van der Waals surface area contributed by atoms with Gasteiger partial charge in [0.1, 0.15) is 0 Å². The minimum Gasteiger partial charge on any atom is -0.350 e. The predicted octanol–water partition coefficient (Wildman–Crippen LogP) is 4.55. The van der Waals surface area contributed by atoms with Gasteiger partial charge in [0.05, 0.1) is 0 Å². The first-order chi connectivity index (χ1) is 10.8. The molecule has 1 aliphatic heterocycles. The Morgan fingerprint density at radius 1 is 1.08 bits per heavy atom. The van der Waals surface area contributed by atoms with Crippen molar-refractivity contribution in [3.8, 4) is 0 Å². The van der Waals surface area contributed by atoms with E-state index in [4.69, 9.17) is 0 Å². The molecule has 0 aliphatic carbocycles. The Bertz CT molecular complexity index is 606. The normalized spacial score (nSPS) is 16.4. The van der Waals surface area contributed by atoms with E-state index in [2.05, 4.69) is 59.2 Å². The lowest BCUT2D eigenvalue weighted by Crippen LogP contribution is -2.45. The molecule has 0 saturated carbocycles. The number of hydrogen-bond acceptors (Lipinski definition) is 2. The highest BCUT2D eigenvalue weighted by Crippen LogP contribution is 2.33. The molecule has 136 valence electrons. The zero-order chi connectivity index (χ0) is 15.4. The van der Waals surface area contributed by atoms with Crippen molar-refractivity contribution in [2.24, 2.45) is 7.05 Å². The summed E-state index contributed by atoms with van der Waals surface area (Å²) in [5.74, 6) is 0. The summed E-state index contributed by atoms with van der Waals surface area (Å²) in [5.41, 5.74) is 2.88. The highest BCUT2D eigenvalue weighted by atomic mass is 35.5. The Hall–Kier alpha value is -0.740. The Balaban J connectivity index is 0.00000144. The number of aryl methyl sites for hydroxylation is 1. The fourth-order valence-corrected chi connectivity index (χ4v) is 3.75. The van der Waals surface area contributed by atoms with Crippen LogP contribution >= 0.6 is 24.8 Å². The first kappa shape index (κ1) is 21.3. The maximum absolute atomic E-state index is 3.48. The second kappa shape index (κ2) is 10.3. The minimum atomic E-state index is 0. The van der Waals surface area contributed by atoms with Gasteiger partial charge < -0.3 is 9.88 Å². The standard InChI is InChI=1S/C19H29N3.2ClH/c1-3-4-5-10-19(22-13-11-20-12-14-22)17-15-21(2)18-9-7-6-8-16(17)18;;/h6-9,15,19-20H,3-5,10-14H2,1-2H3;2*1H/t19-;;/m1../s1. The minimum absolute atomic E-state index is 0. The zero-order valence-electron chi connectivity index (χ0n) is 14.8. The average molecular weight is 372 g/mol. The third kappa shape index (κ3) is 4.66. The van der Waals surface area contributed by atoms with Crippen molar-refractivity contribution in [3.63, 3.8) is 0 Å². The van der Waals surface area contributed by atoms with Crippen molar-refractivity contribution in [2.45, 2.75) is 38.6 Å². The van der Waals surface area contributed by atoms with Gasteiger partial charge in [0.2, 0.25) is 0 Å². The number of piperazine rings is 1. The van der Waals surface area contributed by atoms with Crippen LogP contribution in [0.15, 0.2) is 30.5 Å². The second-order valence-corrected chi connectivity index (χ2v) is 6.51. The van der Waals surface area contributed by atoms with Crippen LogP contribution in [0, 0.1) is 0 Å². The number of nitrogens with zero attached hydrogens (tertiary/aromatic N) is 2. The quantitative estimate of drug-likeness (QED) is 0.751. The number of benzene rings is 1. The van der Waals surface area contributed by atoms with Crippen LogP contribution in [0.4, 0.5) is 0 Å². The summed E-state index contributed by atoms with van der Waals surface area (Å²) in [4.78, 5) is 2.69. The van der Waals surface area contributed by atoms with Gasteiger partial charge in [-0.25, -0.2) is 0 Å². The van der Waals surface area contributed by atoms with E-state index in [1.807, 2.05) is 0 Å². The van der Waals surface area contributed by atoms with Gasteiger partial charge in [0.15, 0.2) is 0 Å². The highest BCUT2D eigenvalue weighted by Gasteiger charge is 2.24. The van der Waals surface area contributed by atoms with Crippen molar-refractivity contribution >= 4 is 35.7 Å². The lowest BCUT2D eigenvalue weighted by molar-refractivity contribution is 0.163. The fourth-order valence-electron chi connectivity index (χ4n) is 3.75. The number of aromatic nitrogens is 1. The lowest BCUT2D eigenvalue weighted by Gasteiger charge is -2.35. The van der Waals surface area contributed by atoms with Gasteiger partial charge in [-0.15, -0.1) is 24.8 Å². The predicted molar refractivity (Wildman–Crippen MR) is 109 cm³/mol. The van der Waals surface area contributed by atoms with Crippen LogP contribution in [0.25, 0.3) is 10.9 Å². The third-order valence-corrected chi connectivity index (χ3v) is 4.96. The molecule has 0 amide bonds. The van der Waals surface area contributed by atoms with Gasteiger partial charge in [-0.2, -0.15) is 0 Å². The van der Waals surface area contributed by atoms with Crippen molar-refractivity contribution < 1.29 is 0 Å². The summed E-state index contributed by atoms with van der Waals surface area (Å²) in [6.07, 6.45) is 7.61. The molecular formula is C19H31Cl2N3. The van der Waals surface area contributed by atoms with Gasteiger partial charge >= 0.3 is 0 Å². The molecule has 5 heteroatoms. The number of unbranched alkanes of at least 4 members (excludes halogenated alkanes) is 2. The van der Waals surface area contributed by atoms with Crippen LogP contribution < -0.4 is 5.32 Å². The molecule has 0 unspecified atom stereocenters. The van der Waals surface area contributed by atoms with E-state index in [1.54, 1.807) is 0 Å². The van der Waals surface area contributed by atoms with Crippen molar-refractivity contribution in [3.05, 3.63) is 36.0 Å². The van der Waals surface area contributed by atoms with Crippen LogP contribution in [0.5, 0.6) is 0 Å². The summed E-state index contributed by atoms with van der Waals surface area (Å²) in [6.45, 7) is 6.86. The monoisotopic (exact) mass is 371 g/mol.